The molecule has 0 aliphatic carbocycles. The number of carbonyl (C=O) groups excluding carboxylic acids is 1. The van der Waals surface area contributed by atoms with Crippen molar-refractivity contribution in [3.05, 3.63) is 0 Å². The Hall–Kier alpha value is -0.810. The summed E-state index contributed by atoms with van der Waals surface area (Å²) in [6, 6.07) is -0.898. The van der Waals surface area contributed by atoms with Gasteiger partial charge in [-0.2, -0.15) is 0 Å². The molecule has 1 amide bonds. The Kier molecular flexibility index (Phi) is 32.1. The third-order valence-corrected chi connectivity index (χ3v) is 10.1. The van der Waals surface area contributed by atoms with E-state index in [0.717, 1.165) is 38.5 Å². The van der Waals surface area contributed by atoms with Gasteiger partial charge in [0.05, 0.1) is 19.8 Å². The number of ether oxygens (including phenoxy) is 3. The van der Waals surface area contributed by atoms with Gasteiger partial charge in [0, 0.05) is 13.0 Å². The van der Waals surface area contributed by atoms with Crippen molar-refractivity contribution in [1.82, 2.24) is 5.32 Å². The van der Waals surface area contributed by atoms with Gasteiger partial charge >= 0.3 is 0 Å². The van der Waals surface area contributed by atoms with Gasteiger partial charge in [-0.3, -0.25) is 4.79 Å². The van der Waals surface area contributed by atoms with Gasteiger partial charge in [0.1, 0.15) is 30.5 Å². The maximum Gasteiger partial charge on any atom is 0.220 e. The molecule has 1 aliphatic heterocycles. The Morgan fingerprint density at radius 2 is 1.06 bits per heavy atom. The van der Waals surface area contributed by atoms with E-state index in [2.05, 4.69) is 19.2 Å². The highest BCUT2D eigenvalue weighted by atomic mass is 16.7. The Bertz CT molecular complexity index is 743. The molecule has 0 aromatic carbocycles. The van der Waals surface area contributed by atoms with Gasteiger partial charge in [0.25, 0.3) is 0 Å². The van der Waals surface area contributed by atoms with Gasteiger partial charge in [-0.25, -0.2) is 0 Å². The smallest absolute Gasteiger partial charge is 0.220 e. The highest BCUT2D eigenvalue weighted by Crippen LogP contribution is 2.24. The fraction of sp³-hybridized carbons (Fsp3) is 0.976. The average molecular weight is 716 g/mol. The normalized spacial score (nSPS) is 21.4. The van der Waals surface area contributed by atoms with E-state index in [1.165, 1.54) is 135 Å². The summed E-state index contributed by atoms with van der Waals surface area (Å²) in [5.41, 5.74) is 0. The zero-order chi connectivity index (χ0) is 36.5. The summed E-state index contributed by atoms with van der Waals surface area (Å²) in [4.78, 5) is 12.9. The molecule has 0 aromatic rings. The first-order chi connectivity index (χ1) is 24.4. The van der Waals surface area contributed by atoms with Gasteiger partial charge in [-0.15, -0.1) is 0 Å². The van der Waals surface area contributed by atoms with E-state index < -0.39 is 43.4 Å². The van der Waals surface area contributed by atoms with Crippen molar-refractivity contribution >= 4 is 5.91 Å². The maximum absolute atomic E-state index is 12.9. The number of unbranched alkanes of at least 4 members (excludes halogenated alkanes) is 25. The van der Waals surface area contributed by atoms with Gasteiger partial charge in [-0.05, 0) is 12.8 Å². The molecule has 298 valence electrons. The minimum absolute atomic E-state index is 0.0897. The van der Waals surface area contributed by atoms with Crippen molar-refractivity contribution < 1.29 is 39.4 Å². The van der Waals surface area contributed by atoms with Gasteiger partial charge in [-0.1, -0.05) is 174 Å². The lowest BCUT2D eigenvalue weighted by Gasteiger charge is -2.42. The highest BCUT2D eigenvalue weighted by Gasteiger charge is 2.45. The molecule has 5 N–H and O–H groups in total. The third-order valence-electron chi connectivity index (χ3n) is 10.1. The summed E-state index contributed by atoms with van der Waals surface area (Å²) in [5, 5.41) is 43.3. The van der Waals surface area contributed by atoms with Crippen LogP contribution in [0.1, 0.15) is 194 Å². The average Bonchev–Trinajstić information content (AvgIpc) is 3.11. The lowest BCUT2D eigenvalue weighted by molar-refractivity contribution is -0.273. The summed E-state index contributed by atoms with van der Waals surface area (Å²) in [7, 11) is 0. The molecule has 0 spiro atoms. The van der Waals surface area contributed by atoms with E-state index in [0.29, 0.717) is 13.0 Å². The number of nitrogens with one attached hydrogen (secondary N) is 1. The fourth-order valence-corrected chi connectivity index (χ4v) is 6.80. The van der Waals surface area contributed by atoms with Gasteiger partial charge in [0.2, 0.25) is 5.91 Å². The van der Waals surface area contributed by atoms with Gasteiger partial charge < -0.3 is 40.0 Å². The number of hydrogen-bond donors (Lipinski definition) is 5. The number of aliphatic hydroxyl groups excluding tert-OH is 4. The number of rotatable bonds is 36. The summed E-state index contributed by atoms with van der Waals surface area (Å²) in [6.45, 7) is 4.29. The van der Waals surface area contributed by atoms with Crippen LogP contribution in [0, 0.1) is 0 Å². The second kappa shape index (κ2) is 34.0. The molecule has 0 saturated carbocycles. The third kappa shape index (κ3) is 25.2. The Morgan fingerprint density at radius 3 is 1.50 bits per heavy atom. The SMILES string of the molecule is CCCCCCCCCCCCCCCCO[C@H]1O[C@H](COCC(O)CO)[C@@H](O)[C@H](O)[C@H]1NC(=O)CCCCCCCCCCCCCCC. The van der Waals surface area contributed by atoms with Crippen molar-refractivity contribution in [3.8, 4) is 0 Å². The molecule has 50 heavy (non-hydrogen) atoms. The van der Waals surface area contributed by atoms with Crippen molar-refractivity contribution in [2.45, 2.75) is 230 Å². The summed E-state index contributed by atoms with van der Waals surface area (Å²) < 4.78 is 17.5. The number of amides is 1. The first-order valence-corrected chi connectivity index (χ1v) is 21.2. The van der Waals surface area contributed by atoms with E-state index >= 15 is 0 Å². The molecule has 0 aromatic heterocycles. The minimum atomic E-state index is -1.30. The summed E-state index contributed by atoms with van der Waals surface area (Å²) >= 11 is 0. The largest absolute Gasteiger partial charge is 0.394 e. The molecule has 1 rings (SSSR count). The van der Waals surface area contributed by atoms with Gasteiger partial charge in [0.15, 0.2) is 6.29 Å². The topological polar surface area (TPSA) is 138 Å². The zero-order valence-electron chi connectivity index (χ0n) is 32.5. The van der Waals surface area contributed by atoms with Crippen LogP contribution < -0.4 is 5.32 Å². The van der Waals surface area contributed by atoms with Crippen LogP contribution in [-0.4, -0.2) is 89.5 Å². The number of aliphatic hydroxyl groups is 4. The van der Waals surface area contributed by atoms with Crippen LogP contribution in [-0.2, 0) is 19.0 Å². The van der Waals surface area contributed by atoms with Crippen molar-refractivity contribution in [3.63, 3.8) is 0 Å². The predicted octanol–water partition coefficient (Wildman–Crippen LogP) is 8.27. The Labute approximate surface area is 307 Å². The van der Waals surface area contributed by atoms with E-state index in [-0.39, 0.29) is 19.1 Å². The number of carbonyl (C=O) groups is 1. The second-order valence-corrected chi connectivity index (χ2v) is 15.0. The van der Waals surface area contributed by atoms with Crippen LogP contribution in [0.2, 0.25) is 0 Å². The lowest BCUT2D eigenvalue weighted by Crippen LogP contribution is -2.65. The van der Waals surface area contributed by atoms with Crippen LogP contribution >= 0.6 is 0 Å². The van der Waals surface area contributed by atoms with Crippen LogP contribution in [0.4, 0.5) is 0 Å². The van der Waals surface area contributed by atoms with E-state index in [4.69, 9.17) is 19.3 Å². The first-order valence-electron chi connectivity index (χ1n) is 21.2. The molecule has 0 radical (unpaired) electrons. The molecule has 0 bridgehead atoms. The van der Waals surface area contributed by atoms with Crippen LogP contribution in [0.25, 0.3) is 0 Å². The maximum atomic E-state index is 12.9. The van der Waals surface area contributed by atoms with E-state index in [9.17, 15) is 20.1 Å². The lowest BCUT2D eigenvalue weighted by atomic mass is 9.96. The molecular weight excluding hydrogens is 634 g/mol. The minimum Gasteiger partial charge on any atom is -0.394 e. The molecule has 1 aliphatic rings. The van der Waals surface area contributed by atoms with E-state index in [1.807, 2.05) is 0 Å². The zero-order valence-corrected chi connectivity index (χ0v) is 32.5. The molecule has 6 atom stereocenters. The number of hydrogen-bond acceptors (Lipinski definition) is 8. The summed E-state index contributed by atoms with van der Waals surface area (Å²) in [6.07, 6.45) is 28.7. The Balaban J connectivity index is 2.35. The van der Waals surface area contributed by atoms with Crippen molar-refractivity contribution in [1.29, 1.82) is 0 Å². The molecule has 9 nitrogen and oxygen atoms in total. The Morgan fingerprint density at radius 1 is 0.640 bits per heavy atom. The molecule has 9 heteroatoms. The van der Waals surface area contributed by atoms with Crippen LogP contribution in [0.15, 0.2) is 0 Å². The molecule has 1 saturated heterocycles. The first kappa shape index (κ1) is 47.2. The monoisotopic (exact) mass is 716 g/mol. The molecule has 1 heterocycles. The highest BCUT2D eigenvalue weighted by molar-refractivity contribution is 5.76. The second-order valence-electron chi connectivity index (χ2n) is 15.0. The van der Waals surface area contributed by atoms with Crippen molar-refractivity contribution in [2.75, 3.05) is 26.4 Å². The quantitative estimate of drug-likeness (QED) is 0.0409. The van der Waals surface area contributed by atoms with Crippen LogP contribution in [0.3, 0.4) is 0 Å². The fourth-order valence-electron chi connectivity index (χ4n) is 6.80. The standard InChI is InChI=1S/C41H81NO8/c1-3-5-7-9-11-13-15-17-19-21-23-25-27-29-31-49-41-38(40(47)39(46)36(50-41)34-48-33-35(44)32-43)42-37(45)30-28-26-24-22-20-18-16-14-12-10-8-6-4-2/h35-36,38-41,43-44,46-47H,3-34H2,1-2H3,(H,42,45)/t35?,36-,38-,39-,40-,41+/m1/s1. The van der Waals surface area contributed by atoms with Crippen LogP contribution in [0.5, 0.6) is 0 Å². The summed E-state index contributed by atoms with van der Waals surface area (Å²) in [5.74, 6) is -0.182. The van der Waals surface area contributed by atoms with Crippen molar-refractivity contribution in [2.24, 2.45) is 0 Å². The molecule has 1 unspecified atom stereocenters. The molecular formula is C41H81NO8. The van der Waals surface area contributed by atoms with E-state index in [1.54, 1.807) is 0 Å². The molecule has 1 fully saturated rings. The predicted molar refractivity (Wildman–Crippen MR) is 203 cm³/mol.